The highest BCUT2D eigenvalue weighted by Gasteiger charge is 2.22. The summed E-state index contributed by atoms with van der Waals surface area (Å²) >= 11 is 1.69. The second-order valence-electron chi connectivity index (χ2n) is 9.97. The van der Waals surface area contributed by atoms with Gasteiger partial charge in [-0.15, -0.1) is 11.3 Å². The van der Waals surface area contributed by atoms with Gasteiger partial charge in [0.25, 0.3) is 0 Å². The van der Waals surface area contributed by atoms with Gasteiger partial charge in [0.1, 0.15) is 0 Å². The van der Waals surface area contributed by atoms with Gasteiger partial charge in [0.2, 0.25) is 11.9 Å². The van der Waals surface area contributed by atoms with Crippen molar-refractivity contribution >= 4 is 50.3 Å². The normalized spacial score (nSPS) is 15.6. The summed E-state index contributed by atoms with van der Waals surface area (Å²) in [5, 5.41) is 0. The number of thiophene rings is 1. The molecule has 0 saturated carbocycles. The van der Waals surface area contributed by atoms with Crippen LogP contribution in [-0.4, -0.2) is 62.8 Å². The first kappa shape index (κ1) is 26.8. The number of fused-ring (bicyclic) bond motifs is 1. The summed E-state index contributed by atoms with van der Waals surface area (Å²) in [6, 6.07) is 2.12. The first-order valence-corrected chi connectivity index (χ1v) is 14.0. The van der Waals surface area contributed by atoms with Gasteiger partial charge in [-0.05, 0) is 56.4 Å². The Kier molecular flexibility index (Phi) is 8.23. The predicted octanol–water partition coefficient (Wildman–Crippen LogP) is 4.86. The third kappa shape index (κ3) is 6.46. The lowest BCUT2D eigenvalue weighted by Gasteiger charge is -2.26. The highest BCUT2D eigenvalue weighted by atomic mass is 32.1. The summed E-state index contributed by atoms with van der Waals surface area (Å²) in [6.07, 6.45) is 12.1. The van der Waals surface area contributed by atoms with E-state index in [4.69, 9.17) is 20.4 Å². The van der Waals surface area contributed by atoms with E-state index < -0.39 is 0 Å². The van der Waals surface area contributed by atoms with Crippen LogP contribution in [0.15, 0.2) is 42.3 Å². The fourth-order valence-electron chi connectivity index (χ4n) is 4.72. The Labute approximate surface area is 231 Å². The van der Waals surface area contributed by atoms with Crippen molar-refractivity contribution < 1.29 is 14.3 Å². The Morgan fingerprint density at radius 1 is 1.10 bits per heavy atom. The molecule has 2 N–H and O–H groups in total. The first-order valence-electron chi connectivity index (χ1n) is 13.2. The van der Waals surface area contributed by atoms with E-state index in [0.717, 1.165) is 44.8 Å². The molecule has 0 bridgehead atoms. The maximum Gasteiger partial charge on any atom is 0.222 e. The topological polar surface area (TPSA) is 124 Å². The molecule has 39 heavy (non-hydrogen) atoms. The molecule has 0 aromatic carbocycles. The van der Waals surface area contributed by atoms with Crippen molar-refractivity contribution in [3.05, 3.63) is 52.8 Å². The number of aromatic nitrogens is 4. The molecule has 2 aliphatic rings. The largest absolute Gasteiger partial charge is 0.377 e. The number of amides is 1. The van der Waals surface area contributed by atoms with Crippen LogP contribution in [0, 0.1) is 0 Å². The summed E-state index contributed by atoms with van der Waals surface area (Å²) < 4.78 is 6.57. The highest BCUT2D eigenvalue weighted by molar-refractivity contribution is 7.20. The van der Waals surface area contributed by atoms with Gasteiger partial charge in [-0.2, -0.15) is 0 Å². The van der Waals surface area contributed by atoms with E-state index in [0.29, 0.717) is 57.0 Å². The average Bonchev–Trinajstić information content (AvgIpc) is 3.37. The van der Waals surface area contributed by atoms with Crippen LogP contribution in [0.3, 0.4) is 0 Å². The van der Waals surface area contributed by atoms with E-state index >= 15 is 0 Å². The van der Waals surface area contributed by atoms with Gasteiger partial charge in [-0.1, -0.05) is 17.7 Å². The molecule has 3 aromatic rings. The summed E-state index contributed by atoms with van der Waals surface area (Å²) in [6.45, 7) is 6.27. The SMILES string of the molecule is CC(C)=CC(=O)CCCC(=O)N1CC=C(c2cc3nc(-c4cnc(N)nc4)nc(C4=CCOCC4)c3s2)CC1. The lowest BCUT2D eigenvalue weighted by Crippen LogP contribution is -2.34. The number of ether oxygens (including phenoxy) is 1. The molecule has 10 heteroatoms. The predicted molar refractivity (Wildman–Crippen MR) is 154 cm³/mol. The Hall–Kier alpha value is -3.76. The van der Waals surface area contributed by atoms with Crippen molar-refractivity contribution in [2.24, 2.45) is 0 Å². The van der Waals surface area contributed by atoms with Gasteiger partial charge < -0.3 is 15.4 Å². The number of carbonyl (C=O) groups is 2. The van der Waals surface area contributed by atoms with Crippen molar-refractivity contribution in [2.45, 2.75) is 46.0 Å². The Morgan fingerprint density at radius 3 is 2.62 bits per heavy atom. The molecule has 0 aliphatic carbocycles. The van der Waals surface area contributed by atoms with Crippen molar-refractivity contribution in [3.8, 4) is 11.4 Å². The Morgan fingerprint density at radius 2 is 1.92 bits per heavy atom. The Bertz CT molecular complexity index is 1480. The molecule has 0 spiro atoms. The number of rotatable bonds is 8. The zero-order valence-electron chi connectivity index (χ0n) is 22.3. The van der Waals surface area contributed by atoms with E-state index in [1.807, 2.05) is 18.7 Å². The molecule has 9 nitrogen and oxygen atoms in total. The third-order valence-corrected chi connectivity index (χ3v) is 7.92. The lowest BCUT2D eigenvalue weighted by molar-refractivity contribution is -0.130. The van der Waals surface area contributed by atoms with Crippen LogP contribution in [0.2, 0.25) is 0 Å². The number of hydrogen-bond donors (Lipinski definition) is 1. The van der Waals surface area contributed by atoms with E-state index in [-0.39, 0.29) is 17.6 Å². The van der Waals surface area contributed by atoms with Gasteiger partial charge in [0.05, 0.1) is 34.7 Å². The molecule has 0 unspecified atom stereocenters. The second kappa shape index (κ2) is 12.0. The number of allylic oxidation sites excluding steroid dienone is 2. The summed E-state index contributed by atoms with van der Waals surface area (Å²) in [5.74, 6) is 0.951. The van der Waals surface area contributed by atoms with Crippen LogP contribution in [0.25, 0.3) is 32.8 Å². The zero-order valence-corrected chi connectivity index (χ0v) is 23.1. The summed E-state index contributed by atoms with van der Waals surface area (Å²) in [4.78, 5) is 45.6. The van der Waals surface area contributed by atoms with Crippen LogP contribution in [0.5, 0.6) is 0 Å². The second-order valence-corrected chi connectivity index (χ2v) is 11.0. The molecule has 1 amide bonds. The molecule has 2 aliphatic heterocycles. The van der Waals surface area contributed by atoms with Gasteiger partial charge in [0, 0.05) is 43.2 Å². The van der Waals surface area contributed by atoms with Crippen LogP contribution in [0.4, 0.5) is 5.95 Å². The molecule has 0 radical (unpaired) electrons. The molecule has 5 rings (SSSR count). The monoisotopic (exact) mass is 544 g/mol. The fourth-order valence-corrected chi connectivity index (χ4v) is 5.91. The maximum atomic E-state index is 12.7. The van der Waals surface area contributed by atoms with Gasteiger partial charge in [-0.3, -0.25) is 9.59 Å². The molecule has 0 atom stereocenters. The minimum atomic E-state index is 0.0828. The van der Waals surface area contributed by atoms with Gasteiger partial charge >= 0.3 is 0 Å². The summed E-state index contributed by atoms with van der Waals surface area (Å²) in [5.41, 5.74) is 11.5. The van der Waals surface area contributed by atoms with Crippen LogP contribution in [-0.2, 0) is 14.3 Å². The van der Waals surface area contributed by atoms with Crippen molar-refractivity contribution in [1.82, 2.24) is 24.8 Å². The van der Waals surface area contributed by atoms with E-state index in [1.165, 1.54) is 5.57 Å². The van der Waals surface area contributed by atoms with Gasteiger partial charge in [-0.25, -0.2) is 19.9 Å². The molecular formula is C29H32N6O3S. The van der Waals surface area contributed by atoms with E-state index in [2.05, 4.69) is 28.2 Å². The smallest absolute Gasteiger partial charge is 0.222 e. The maximum absolute atomic E-state index is 12.7. The fraction of sp³-hybridized carbons (Fsp3) is 0.379. The standard InChI is InChI=1S/C29H32N6O3S/c1-18(2)14-22(36)4-3-5-25(37)35-10-6-19(7-11-35)24-15-23-27(39-24)26(20-8-12-38-13-9-20)34-28(33-23)21-16-31-29(30)32-17-21/h6,8,14-17H,3-5,7,9-13H2,1-2H3,(H2,30,31,32). The van der Waals surface area contributed by atoms with Gasteiger partial charge in [0.15, 0.2) is 11.6 Å². The quantitative estimate of drug-likeness (QED) is 0.399. The summed E-state index contributed by atoms with van der Waals surface area (Å²) in [7, 11) is 0. The van der Waals surface area contributed by atoms with Crippen molar-refractivity contribution in [2.75, 3.05) is 32.0 Å². The molecule has 0 saturated heterocycles. The lowest BCUT2D eigenvalue weighted by atomic mass is 10.0. The van der Waals surface area contributed by atoms with E-state index in [1.54, 1.807) is 29.8 Å². The zero-order chi connectivity index (χ0) is 27.4. The number of ketones is 1. The number of carbonyl (C=O) groups excluding carboxylic acids is 2. The first-order chi connectivity index (χ1) is 18.9. The number of hydrogen-bond acceptors (Lipinski definition) is 9. The van der Waals surface area contributed by atoms with Crippen molar-refractivity contribution in [1.29, 1.82) is 0 Å². The molecule has 3 aromatic heterocycles. The van der Waals surface area contributed by atoms with Crippen LogP contribution in [0.1, 0.15) is 56.5 Å². The third-order valence-electron chi connectivity index (χ3n) is 6.71. The average molecular weight is 545 g/mol. The van der Waals surface area contributed by atoms with Crippen molar-refractivity contribution in [3.63, 3.8) is 0 Å². The number of nitrogens with two attached hydrogens (primary N) is 1. The molecule has 5 heterocycles. The van der Waals surface area contributed by atoms with E-state index in [9.17, 15) is 9.59 Å². The number of nitrogens with zero attached hydrogens (tertiary/aromatic N) is 5. The number of anilines is 1. The minimum absolute atomic E-state index is 0.0828. The van der Waals surface area contributed by atoms with Crippen LogP contribution >= 0.6 is 11.3 Å². The highest BCUT2D eigenvalue weighted by Crippen LogP contribution is 2.38. The molecular weight excluding hydrogens is 512 g/mol. The molecule has 0 fully saturated rings. The molecule has 202 valence electrons. The number of nitrogen functional groups attached to an aromatic ring is 1. The van der Waals surface area contributed by atoms with Crippen LogP contribution < -0.4 is 5.73 Å². The minimum Gasteiger partial charge on any atom is -0.377 e. The Balaban J connectivity index is 1.35.